The summed E-state index contributed by atoms with van der Waals surface area (Å²) in [6, 6.07) is 23.2. The van der Waals surface area contributed by atoms with Crippen molar-refractivity contribution in [1.29, 1.82) is 0 Å². The molecule has 0 radical (unpaired) electrons. The lowest BCUT2D eigenvalue weighted by atomic mass is 10.1. The van der Waals surface area contributed by atoms with Crippen LogP contribution in [0, 0.1) is 0 Å². The van der Waals surface area contributed by atoms with Crippen molar-refractivity contribution in [3.8, 4) is 22.5 Å². The lowest BCUT2D eigenvalue weighted by molar-refractivity contribution is 0.925. The number of aromatic nitrogens is 3. The molecule has 4 nitrogen and oxygen atoms in total. The standard InChI is InChI=1S/C18H13N3O/c22-17-12-15(13-7-3-1-4-8-13)11-16-19-18(20-21(16)17)14-9-5-2-6-10-14/h1-12H,(H,19,20). The molecule has 1 N–H and O–H groups in total. The van der Waals surface area contributed by atoms with Crippen molar-refractivity contribution in [2.24, 2.45) is 0 Å². The molecule has 0 saturated heterocycles. The number of fused-ring (bicyclic) bond motifs is 1. The summed E-state index contributed by atoms with van der Waals surface area (Å²) in [6.07, 6.45) is 0. The van der Waals surface area contributed by atoms with E-state index in [-0.39, 0.29) is 5.56 Å². The zero-order valence-corrected chi connectivity index (χ0v) is 11.7. The Hall–Kier alpha value is -3.14. The number of hydrogen-bond donors (Lipinski definition) is 1. The van der Waals surface area contributed by atoms with Crippen LogP contribution in [-0.4, -0.2) is 14.6 Å². The zero-order valence-electron chi connectivity index (χ0n) is 11.7. The molecule has 4 heteroatoms. The fourth-order valence-electron chi connectivity index (χ4n) is 2.52. The third kappa shape index (κ3) is 2.11. The summed E-state index contributed by atoms with van der Waals surface area (Å²) in [7, 11) is 0. The summed E-state index contributed by atoms with van der Waals surface area (Å²) >= 11 is 0. The van der Waals surface area contributed by atoms with Crippen molar-refractivity contribution >= 4 is 5.65 Å². The smallest absolute Gasteiger partial charge is 0.273 e. The molecule has 0 unspecified atom stereocenters. The van der Waals surface area contributed by atoms with Crippen LogP contribution in [0.2, 0.25) is 0 Å². The van der Waals surface area contributed by atoms with Crippen LogP contribution in [0.5, 0.6) is 0 Å². The van der Waals surface area contributed by atoms with E-state index in [1.165, 1.54) is 4.52 Å². The molecular weight excluding hydrogens is 274 g/mol. The van der Waals surface area contributed by atoms with Crippen LogP contribution in [0.4, 0.5) is 0 Å². The van der Waals surface area contributed by atoms with Gasteiger partial charge in [0.25, 0.3) is 5.56 Å². The fourth-order valence-corrected chi connectivity index (χ4v) is 2.52. The molecule has 0 bridgehead atoms. The maximum Gasteiger partial charge on any atom is 0.273 e. The van der Waals surface area contributed by atoms with Crippen molar-refractivity contribution in [1.82, 2.24) is 14.6 Å². The van der Waals surface area contributed by atoms with Crippen LogP contribution in [0.1, 0.15) is 0 Å². The Morgan fingerprint density at radius 3 is 2.09 bits per heavy atom. The van der Waals surface area contributed by atoms with Crippen molar-refractivity contribution in [3.05, 3.63) is 83.2 Å². The molecule has 4 aromatic rings. The predicted octanol–water partition coefficient (Wildman–Crippen LogP) is 3.36. The van der Waals surface area contributed by atoms with Gasteiger partial charge in [-0.1, -0.05) is 60.7 Å². The third-order valence-corrected chi connectivity index (χ3v) is 3.61. The normalized spacial score (nSPS) is 10.9. The molecule has 0 aliphatic rings. The minimum atomic E-state index is -0.144. The molecule has 0 spiro atoms. The number of pyridine rings is 1. The summed E-state index contributed by atoms with van der Waals surface area (Å²) in [5.74, 6) is 0.683. The second-order valence-electron chi connectivity index (χ2n) is 5.08. The van der Waals surface area contributed by atoms with Gasteiger partial charge in [0.05, 0.1) is 0 Å². The number of hydrogen-bond acceptors (Lipinski definition) is 2. The van der Waals surface area contributed by atoms with E-state index >= 15 is 0 Å². The zero-order chi connectivity index (χ0) is 14.9. The van der Waals surface area contributed by atoms with E-state index in [9.17, 15) is 4.79 Å². The van der Waals surface area contributed by atoms with Gasteiger partial charge < -0.3 is 4.98 Å². The van der Waals surface area contributed by atoms with Gasteiger partial charge in [0.15, 0.2) is 5.82 Å². The summed E-state index contributed by atoms with van der Waals surface area (Å²) in [5, 5.41) is 4.37. The summed E-state index contributed by atoms with van der Waals surface area (Å²) in [6.45, 7) is 0. The SMILES string of the molecule is O=c1cc(-c2ccccc2)cc2[nH]c(-c3ccccc3)nn12. The van der Waals surface area contributed by atoms with Gasteiger partial charge in [-0.25, -0.2) is 0 Å². The maximum atomic E-state index is 12.3. The van der Waals surface area contributed by atoms with Crippen LogP contribution in [0.15, 0.2) is 77.6 Å². The summed E-state index contributed by atoms with van der Waals surface area (Å²) < 4.78 is 1.40. The first kappa shape index (κ1) is 12.6. The first-order chi connectivity index (χ1) is 10.8. The van der Waals surface area contributed by atoms with Gasteiger partial charge in [0, 0.05) is 11.6 Å². The van der Waals surface area contributed by atoms with E-state index in [2.05, 4.69) is 10.1 Å². The van der Waals surface area contributed by atoms with Gasteiger partial charge in [0.1, 0.15) is 5.65 Å². The van der Waals surface area contributed by atoms with Gasteiger partial charge in [-0.2, -0.15) is 4.52 Å². The van der Waals surface area contributed by atoms with Crippen molar-refractivity contribution in [3.63, 3.8) is 0 Å². The van der Waals surface area contributed by atoms with Gasteiger partial charge in [-0.05, 0) is 17.2 Å². The second kappa shape index (κ2) is 5.00. The van der Waals surface area contributed by atoms with Gasteiger partial charge in [0.2, 0.25) is 0 Å². The second-order valence-corrected chi connectivity index (χ2v) is 5.08. The quantitative estimate of drug-likeness (QED) is 0.614. The number of aromatic amines is 1. The minimum absolute atomic E-state index is 0.144. The van der Waals surface area contributed by atoms with E-state index in [4.69, 9.17) is 0 Å². The highest BCUT2D eigenvalue weighted by molar-refractivity contribution is 5.68. The predicted molar refractivity (Wildman–Crippen MR) is 86.7 cm³/mol. The molecule has 0 amide bonds. The van der Waals surface area contributed by atoms with Gasteiger partial charge in [-0.3, -0.25) is 4.79 Å². The first-order valence-corrected chi connectivity index (χ1v) is 7.05. The van der Waals surface area contributed by atoms with Gasteiger partial charge >= 0.3 is 0 Å². The molecule has 2 aromatic heterocycles. The molecule has 0 saturated carbocycles. The molecule has 22 heavy (non-hydrogen) atoms. The highest BCUT2D eigenvalue weighted by Crippen LogP contribution is 2.20. The van der Waals surface area contributed by atoms with Crippen molar-refractivity contribution in [2.45, 2.75) is 0 Å². The number of nitrogens with zero attached hydrogens (tertiary/aromatic N) is 2. The average Bonchev–Trinajstić information content (AvgIpc) is 3.01. The Kier molecular flexibility index (Phi) is 2.86. The Labute approximate surface area is 126 Å². The summed E-state index contributed by atoms with van der Waals surface area (Å²) in [4.78, 5) is 15.5. The van der Waals surface area contributed by atoms with Crippen LogP contribution < -0.4 is 5.56 Å². The number of benzene rings is 2. The lowest BCUT2D eigenvalue weighted by Crippen LogP contribution is -2.12. The summed E-state index contributed by atoms with van der Waals surface area (Å²) in [5.41, 5.74) is 3.39. The van der Waals surface area contributed by atoms with Crippen LogP contribution in [0.25, 0.3) is 28.2 Å². The Morgan fingerprint density at radius 2 is 1.41 bits per heavy atom. The van der Waals surface area contributed by atoms with E-state index in [0.29, 0.717) is 11.5 Å². The highest BCUT2D eigenvalue weighted by atomic mass is 16.1. The largest absolute Gasteiger partial charge is 0.323 e. The molecule has 0 atom stereocenters. The molecular formula is C18H13N3O. The Balaban J connectivity index is 1.91. The highest BCUT2D eigenvalue weighted by Gasteiger charge is 2.08. The molecule has 0 aliphatic heterocycles. The average molecular weight is 287 g/mol. The Morgan fingerprint density at radius 1 is 0.773 bits per heavy atom. The van der Waals surface area contributed by atoms with E-state index in [1.54, 1.807) is 6.07 Å². The molecule has 106 valence electrons. The molecule has 2 heterocycles. The molecule has 4 rings (SSSR count). The molecule has 0 fully saturated rings. The fraction of sp³-hybridized carbons (Fsp3) is 0. The van der Waals surface area contributed by atoms with E-state index in [0.717, 1.165) is 16.7 Å². The van der Waals surface area contributed by atoms with Crippen LogP contribution in [0.3, 0.4) is 0 Å². The monoisotopic (exact) mass is 287 g/mol. The maximum absolute atomic E-state index is 12.3. The third-order valence-electron chi connectivity index (χ3n) is 3.61. The number of H-pyrrole nitrogens is 1. The van der Waals surface area contributed by atoms with Crippen molar-refractivity contribution < 1.29 is 0 Å². The minimum Gasteiger partial charge on any atom is -0.323 e. The Bertz CT molecular complexity index is 985. The van der Waals surface area contributed by atoms with Gasteiger partial charge in [-0.15, -0.1) is 5.10 Å². The first-order valence-electron chi connectivity index (χ1n) is 7.05. The topological polar surface area (TPSA) is 50.2 Å². The lowest BCUT2D eigenvalue weighted by Gasteiger charge is -2.00. The van der Waals surface area contributed by atoms with Crippen LogP contribution in [-0.2, 0) is 0 Å². The number of rotatable bonds is 2. The van der Waals surface area contributed by atoms with E-state index in [1.807, 2.05) is 66.7 Å². The van der Waals surface area contributed by atoms with E-state index < -0.39 is 0 Å². The molecule has 0 aliphatic carbocycles. The number of nitrogens with one attached hydrogen (secondary N) is 1. The molecule has 2 aromatic carbocycles. The van der Waals surface area contributed by atoms with Crippen molar-refractivity contribution in [2.75, 3.05) is 0 Å². The van der Waals surface area contributed by atoms with Crippen LogP contribution >= 0.6 is 0 Å².